The van der Waals surface area contributed by atoms with Gasteiger partial charge in [0.2, 0.25) is 0 Å². The summed E-state index contributed by atoms with van der Waals surface area (Å²) in [5, 5.41) is 9.95. The number of nitrogens with zero attached hydrogens (tertiary/aromatic N) is 3. The van der Waals surface area contributed by atoms with Gasteiger partial charge in [0, 0.05) is 14.1 Å². The molecule has 0 radical (unpaired) electrons. The van der Waals surface area contributed by atoms with Gasteiger partial charge in [-0.2, -0.15) is 15.4 Å². The summed E-state index contributed by atoms with van der Waals surface area (Å²) in [6, 6.07) is 0. The first-order valence-corrected chi connectivity index (χ1v) is 3.20. The molecular formula is C5H8N4S. The van der Waals surface area contributed by atoms with Crippen LogP contribution in [0.3, 0.4) is 0 Å². The third kappa shape index (κ3) is 1.30. The molecular weight excluding hydrogens is 148 g/mol. The van der Waals surface area contributed by atoms with Crippen LogP contribution < -0.4 is 0 Å². The monoisotopic (exact) mass is 156 g/mol. The van der Waals surface area contributed by atoms with Crippen molar-refractivity contribution in [2.75, 3.05) is 14.1 Å². The molecule has 0 unspecified atom stereocenters. The van der Waals surface area contributed by atoms with Crippen LogP contribution in [0.5, 0.6) is 0 Å². The van der Waals surface area contributed by atoms with Gasteiger partial charge in [-0.05, 0) is 0 Å². The predicted octanol–water partition coefficient (Wildman–Crippen LogP) is 0.0418. The average Bonchev–Trinajstić information content (AvgIpc) is 2.36. The van der Waals surface area contributed by atoms with Gasteiger partial charge in [-0.3, -0.25) is 0 Å². The summed E-state index contributed by atoms with van der Waals surface area (Å²) in [5.74, 6) is 0. The van der Waals surface area contributed by atoms with E-state index in [9.17, 15) is 0 Å². The summed E-state index contributed by atoms with van der Waals surface area (Å²) in [4.78, 5) is 2.50. The first kappa shape index (κ1) is 7.14. The van der Waals surface area contributed by atoms with Gasteiger partial charge in [-0.1, -0.05) is 12.2 Å². The Morgan fingerprint density at radius 3 is 2.80 bits per heavy atom. The number of hydrogen-bond donors (Lipinski definition) is 1. The van der Waals surface area contributed by atoms with Crippen molar-refractivity contribution in [2.45, 2.75) is 0 Å². The number of hydrogen-bond acceptors (Lipinski definition) is 3. The van der Waals surface area contributed by atoms with Gasteiger partial charge >= 0.3 is 0 Å². The lowest BCUT2D eigenvalue weighted by Gasteiger charge is -2.09. The maximum atomic E-state index is 5.00. The summed E-state index contributed by atoms with van der Waals surface area (Å²) < 4.78 is 0. The lowest BCUT2D eigenvalue weighted by atomic mass is 10.4. The normalized spacial score (nSPS) is 9.40. The van der Waals surface area contributed by atoms with E-state index in [1.807, 2.05) is 19.0 Å². The van der Waals surface area contributed by atoms with Crippen molar-refractivity contribution in [2.24, 2.45) is 0 Å². The number of rotatable bonds is 1. The second kappa shape index (κ2) is 2.74. The molecule has 1 heterocycles. The molecule has 0 saturated carbocycles. The number of nitrogens with one attached hydrogen (secondary N) is 1. The number of aromatic amines is 1. The Hall–Kier alpha value is -0.970. The highest BCUT2D eigenvalue weighted by Gasteiger charge is 2.04. The number of aromatic nitrogens is 3. The quantitative estimate of drug-likeness (QED) is 0.583. The molecule has 0 amide bonds. The Balaban J connectivity index is 2.78. The van der Waals surface area contributed by atoms with Gasteiger partial charge in [-0.15, -0.1) is 0 Å². The predicted molar refractivity (Wildman–Crippen MR) is 41.8 cm³/mol. The van der Waals surface area contributed by atoms with E-state index in [0.29, 0.717) is 10.7 Å². The van der Waals surface area contributed by atoms with Crippen LogP contribution in [-0.2, 0) is 0 Å². The molecule has 1 aromatic heterocycles. The summed E-state index contributed by atoms with van der Waals surface area (Å²) in [5.41, 5.74) is 0.708. The fourth-order valence-electron chi connectivity index (χ4n) is 0.534. The minimum absolute atomic E-state index is 0.689. The first-order chi connectivity index (χ1) is 4.72. The van der Waals surface area contributed by atoms with Gasteiger partial charge in [0.1, 0.15) is 10.7 Å². The molecule has 0 aliphatic rings. The van der Waals surface area contributed by atoms with Crippen molar-refractivity contribution in [1.29, 1.82) is 0 Å². The van der Waals surface area contributed by atoms with Gasteiger partial charge in [0.25, 0.3) is 0 Å². The van der Waals surface area contributed by atoms with Gasteiger partial charge in [-0.25, -0.2) is 0 Å². The third-order valence-electron chi connectivity index (χ3n) is 1.04. The summed E-state index contributed by atoms with van der Waals surface area (Å²) >= 11 is 5.00. The van der Waals surface area contributed by atoms with Crippen LogP contribution >= 0.6 is 12.2 Å². The molecule has 0 aliphatic heterocycles. The van der Waals surface area contributed by atoms with Crippen molar-refractivity contribution in [1.82, 2.24) is 20.3 Å². The van der Waals surface area contributed by atoms with E-state index in [4.69, 9.17) is 12.2 Å². The molecule has 1 aromatic rings. The van der Waals surface area contributed by atoms with E-state index in [0.717, 1.165) is 0 Å². The van der Waals surface area contributed by atoms with E-state index >= 15 is 0 Å². The highest BCUT2D eigenvalue weighted by atomic mass is 32.1. The van der Waals surface area contributed by atoms with Crippen LogP contribution in [0.25, 0.3) is 0 Å². The number of H-pyrrole nitrogens is 1. The molecule has 0 aliphatic carbocycles. The first-order valence-electron chi connectivity index (χ1n) is 2.79. The summed E-state index contributed by atoms with van der Waals surface area (Å²) in [7, 11) is 3.74. The molecule has 4 nitrogen and oxygen atoms in total. The van der Waals surface area contributed by atoms with E-state index in [1.54, 1.807) is 6.20 Å². The van der Waals surface area contributed by atoms with Crippen LogP contribution in [0, 0.1) is 0 Å². The maximum absolute atomic E-state index is 5.00. The molecule has 0 saturated heterocycles. The maximum Gasteiger partial charge on any atom is 0.140 e. The summed E-state index contributed by atoms with van der Waals surface area (Å²) in [6.45, 7) is 0. The van der Waals surface area contributed by atoms with Crippen LogP contribution in [0.4, 0.5) is 0 Å². The molecule has 1 rings (SSSR count). The Bertz CT molecular complexity index is 216. The zero-order chi connectivity index (χ0) is 7.56. The van der Waals surface area contributed by atoms with E-state index < -0.39 is 0 Å². The summed E-state index contributed by atoms with van der Waals surface area (Å²) in [6.07, 6.45) is 1.60. The zero-order valence-electron chi connectivity index (χ0n) is 5.83. The van der Waals surface area contributed by atoms with Crippen molar-refractivity contribution in [3.63, 3.8) is 0 Å². The van der Waals surface area contributed by atoms with Gasteiger partial charge in [0.15, 0.2) is 0 Å². The molecule has 1 N–H and O–H groups in total. The van der Waals surface area contributed by atoms with Gasteiger partial charge < -0.3 is 4.90 Å². The highest BCUT2D eigenvalue weighted by Crippen LogP contribution is 1.94. The lowest BCUT2D eigenvalue weighted by molar-refractivity contribution is 0.634. The van der Waals surface area contributed by atoms with Crippen LogP contribution in [0.2, 0.25) is 0 Å². The van der Waals surface area contributed by atoms with Crippen molar-refractivity contribution >= 4 is 17.2 Å². The Morgan fingerprint density at radius 1 is 1.70 bits per heavy atom. The minimum atomic E-state index is 0.689. The molecule has 0 fully saturated rings. The standard InChI is InChI=1S/C5H8N4S/c1-9(2)5(10)4-3-6-8-7-4/h3H,1-2H3,(H,6,7,8). The zero-order valence-corrected chi connectivity index (χ0v) is 6.64. The van der Waals surface area contributed by atoms with E-state index in [1.165, 1.54) is 0 Å². The second-order valence-electron chi connectivity index (χ2n) is 2.05. The lowest BCUT2D eigenvalue weighted by Crippen LogP contribution is -2.20. The molecule has 54 valence electrons. The number of thiocarbonyl (C=S) groups is 1. The van der Waals surface area contributed by atoms with E-state index in [2.05, 4.69) is 15.4 Å². The third-order valence-corrected chi connectivity index (χ3v) is 1.61. The van der Waals surface area contributed by atoms with Crippen LogP contribution in [0.1, 0.15) is 5.69 Å². The van der Waals surface area contributed by atoms with Crippen molar-refractivity contribution in [3.8, 4) is 0 Å². The van der Waals surface area contributed by atoms with E-state index in [-0.39, 0.29) is 0 Å². The molecule has 0 atom stereocenters. The Labute approximate surface area is 64.2 Å². The van der Waals surface area contributed by atoms with Gasteiger partial charge in [0.05, 0.1) is 6.20 Å². The Morgan fingerprint density at radius 2 is 2.40 bits per heavy atom. The fraction of sp³-hybridized carbons (Fsp3) is 0.400. The fourth-order valence-corrected chi connectivity index (χ4v) is 0.632. The molecule has 0 spiro atoms. The van der Waals surface area contributed by atoms with Crippen LogP contribution in [-0.4, -0.2) is 39.4 Å². The molecule has 0 bridgehead atoms. The largest absolute Gasteiger partial charge is 0.367 e. The second-order valence-corrected chi connectivity index (χ2v) is 2.44. The average molecular weight is 156 g/mol. The SMILES string of the molecule is CN(C)C(=S)c1cn[nH]n1. The van der Waals surface area contributed by atoms with Crippen LogP contribution in [0.15, 0.2) is 6.20 Å². The minimum Gasteiger partial charge on any atom is -0.367 e. The molecule has 5 heteroatoms. The Kier molecular flexibility index (Phi) is 1.96. The smallest absolute Gasteiger partial charge is 0.140 e. The van der Waals surface area contributed by atoms with Crippen molar-refractivity contribution in [3.05, 3.63) is 11.9 Å². The highest BCUT2D eigenvalue weighted by molar-refractivity contribution is 7.80. The molecule has 0 aromatic carbocycles. The molecule has 10 heavy (non-hydrogen) atoms. The topological polar surface area (TPSA) is 44.8 Å². The van der Waals surface area contributed by atoms with Crippen molar-refractivity contribution < 1.29 is 0 Å².